The summed E-state index contributed by atoms with van der Waals surface area (Å²) in [5, 5.41) is 3.03. The van der Waals surface area contributed by atoms with Gasteiger partial charge in [0, 0.05) is 12.8 Å². The third-order valence-electron chi connectivity index (χ3n) is 2.30. The van der Waals surface area contributed by atoms with Crippen LogP contribution in [0.5, 0.6) is 0 Å². The molecular weight excluding hydrogens is 229 g/mol. The first-order valence-corrected chi connectivity index (χ1v) is 5.62. The van der Waals surface area contributed by atoms with E-state index < -0.39 is 5.82 Å². The van der Waals surface area contributed by atoms with Crippen LogP contribution in [0, 0.1) is 5.82 Å². The molecule has 0 radical (unpaired) electrons. The molecular formula is C12H15ClFNO. The highest BCUT2D eigenvalue weighted by molar-refractivity contribution is 6.31. The van der Waals surface area contributed by atoms with Crippen LogP contribution in [0.1, 0.15) is 18.4 Å². The maximum atomic E-state index is 13.1. The minimum Gasteiger partial charge on any atom is -0.320 e. The SMILES string of the molecule is CNCCCC(=O)Cc1cccc(F)c1Cl. The molecule has 0 bridgehead atoms. The molecule has 4 heteroatoms. The standard InChI is InChI=1S/C12H15ClFNO/c1-15-7-3-5-10(16)8-9-4-2-6-11(14)12(9)13/h2,4,6,15H,3,5,7-8H2,1H3. The largest absolute Gasteiger partial charge is 0.320 e. The number of carbonyl (C=O) groups excluding carboxylic acids is 1. The number of hydrogen-bond acceptors (Lipinski definition) is 2. The van der Waals surface area contributed by atoms with Crippen LogP contribution in [0.3, 0.4) is 0 Å². The van der Waals surface area contributed by atoms with Crippen LogP contribution in [0.15, 0.2) is 18.2 Å². The van der Waals surface area contributed by atoms with E-state index in [1.165, 1.54) is 6.07 Å². The smallest absolute Gasteiger partial charge is 0.142 e. The highest BCUT2D eigenvalue weighted by Gasteiger charge is 2.09. The Labute approximate surface area is 99.8 Å². The predicted octanol–water partition coefficient (Wildman–Crippen LogP) is 2.59. The molecule has 1 rings (SSSR count). The lowest BCUT2D eigenvalue weighted by molar-refractivity contribution is -0.118. The molecule has 0 heterocycles. The predicted molar refractivity (Wildman–Crippen MR) is 63.3 cm³/mol. The summed E-state index contributed by atoms with van der Waals surface area (Å²) in [4.78, 5) is 11.5. The second kappa shape index (κ2) is 6.61. The van der Waals surface area contributed by atoms with Gasteiger partial charge in [-0.05, 0) is 31.6 Å². The summed E-state index contributed by atoms with van der Waals surface area (Å²) in [5.74, 6) is -0.384. The average Bonchev–Trinajstić information content (AvgIpc) is 2.25. The summed E-state index contributed by atoms with van der Waals surface area (Å²) in [7, 11) is 1.84. The fourth-order valence-corrected chi connectivity index (χ4v) is 1.64. The van der Waals surface area contributed by atoms with E-state index in [4.69, 9.17) is 11.6 Å². The first kappa shape index (κ1) is 13.1. The first-order valence-electron chi connectivity index (χ1n) is 5.24. The van der Waals surface area contributed by atoms with Gasteiger partial charge in [0.25, 0.3) is 0 Å². The van der Waals surface area contributed by atoms with Crippen LogP contribution in [0.4, 0.5) is 4.39 Å². The Morgan fingerprint density at radius 3 is 2.94 bits per heavy atom. The van der Waals surface area contributed by atoms with E-state index >= 15 is 0 Å². The van der Waals surface area contributed by atoms with Crippen molar-refractivity contribution < 1.29 is 9.18 Å². The Hall–Kier alpha value is -0.930. The van der Waals surface area contributed by atoms with Gasteiger partial charge in [-0.3, -0.25) is 4.79 Å². The van der Waals surface area contributed by atoms with E-state index in [9.17, 15) is 9.18 Å². The summed E-state index contributed by atoms with van der Waals surface area (Å²) >= 11 is 5.76. The summed E-state index contributed by atoms with van der Waals surface area (Å²) in [6.45, 7) is 0.808. The number of carbonyl (C=O) groups is 1. The van der Waals surface area contributed by atoms with E-state index in [1.54, 1.807) is 12.1 Å². The van der Waals surface area contributed by atoms with Crippen LogP contribution in [-0.4, -0.2) is 19.4 Å². The third-order valence-corrected chi connectivity index (χ3v) is 2.72. The lowest BCUT2D eigenvalue weighted by atomic mass is 10.1. The number of benzene rings is 1. The van der Waals surface area contributed by atoms with E-state index in [0.717, 1.165) is 13.0 Å². The van der Waals surface area contributed by atoms with Crippen LogP contribution in [-0.2, 0) is 11.2 Å². The highest BCUT2D eigenvalue weighted by Crippen LogP contribution is 2.20. The van der Waals surface area contributed by atoms with Crippen LogP contribution < -0.4 is 5.32 Å². The number of halogens is 2. The Balaban J connectivity index is 2.53. The molecule has 0 aliphatic heterocycles. The number of Topliss-reactive ketones (excluding diaryl/α,β-unsaturated/α-hetero) is 1. The van der Waals surface area contributed by atoms with Gasteiger partial charge in [-0.2, -0.15) is 0 Å². The lowest BCUT2D eigenvalue weighted by Gasteiger charge is -2.04. The van der Waals surface area contributed by atoms with Gasteiger partial charge in [-0.15, -0.1) is 0 Å². The molecule has 0 fully saturated rings. The molecule has 88 valence electrons. The molecule has 2 nitrogen and oxygen atoms in total. The van der Waals surface area contributed by atoms with Crippen molar-refractivity contribution in [1.82, 2.24) is 5.32 Å². The van der Waals surface area contributed by atoms with Crippen molar-refractivity contribution in [3.63, 3.8) is 0 Å². The van der Waals surface area contributed by atoms with Crippen molar-refractivity contribution in [3.05, 3.63) is 34.6 Å². The Morgan fingerprint density at radius 1 is 1.50 bits per heavy atom. The van der Waals surface area contributed by atoms with Gasteiger partial charge in [0.05, 0.1) is 5.02 Å². The molecule has 1 aromatic rings. The zero-order valence-electron chi connectivity index (χ0n) is 9.22. The number of hydrogen-bond donors (Lipinski definition) is 1. The molecule has 0 spiro atoms. The average molecular weight is 244 g/mol. The second-order valence-electron chi connectivity index (χ2n) is 3.64. The van der Waals surface area contributed by atoms with Gasteiger partial charge in [-0.25, -0.2) is 4.39 Å². The van der Waals surface area contributed by atoms with Crippen molar-refractivity contribution in [3.8, 4) is 0 Å². The summed E-state index contributed by atoms with van der Waals surface area (Å²) in [6, 6.07) is 4.54. The molecule has 1 aromatic carbocycles. The molecule has 1 N–H and O–H groups in total. The van der Waals surface area contributed by atoms with Gasteiger partial charge in [0.1, 0.15) is 11.6 Å². The van der Waals surface area contributed by atoms with Gasteiger partial charge in [-0.1, -0.05) is 23.7 Å². The summed E-state index contributed by atoms with van der Waals surface area (Å²) < 4.78 is 13.1. The van der Waals surface area contributed by atoms with Gasteiger partial charge >= 0.3 is 0 Å². The molecule has 0 aliphatic rings. The molecule has 0 saturated heterocycles. The molecule has 0 atom stereocenters. The summed E-state index contributed by atoms with van der Waals surface area (Å²) in [6.07, 6.45) is 1.50. The van der Waals surface area contributed by atoms with Gasteiger partial charge in [0.2, 0.25) is 0 Å². The number of rotatable bonds is 6. The Morgan fingerprint density at radius 2 is 2.25 bits per heavy atom. The highest BCUT2D eigenvalue weighted by atomic mass is 35.5. The van der Waals surface area contributed by atoms with E-state index in [2.05, 4.69) is 5.32 Å². The van der Waals surface area contributed by atoms with Crippen molar-refractivity contribution in [1.29, 1.82) is 0 Å². The van der Waals surface area contributed by atoms with Crippen molar-refractivity contribution in [2.75, 3.05) is 13.6 Å². The number of nitrogens with one attached hydrogen (secondary N) is 1. The van der Waals surface area contributed by atoms with E-state index in [1.807, 2.05) is 7.05 Å². The minimum absolute atomic E-state index is 0.0597. The fourth-order valence-electron chi connectivity index (χ4n) is 1.45. The fraction of sp³-hybridized carbons (Fsp3) is 0.417. The third kappa shape index (κ3) is 3.91. The molecule has 0 amide bonds. The molecule has 0 saturated carbocycles. The lowest BCUT2D eigenvalue weighted by Crippen LogP contribution is -2.11. The molecule has 0 unspecified atom stereocenters. The van der Waals surface area contributed by atoms with Crippen LogP contribution in [0.25, 0.3) is 0 Å². The minimum atomic E-state index is -0.470. The zero-order valence-corrected chi connectivity index (χ0v) is 9.98. The second-order valence-corrected chi connectivity index (χ2v) is 4.01. The maximum Gasteiger partial charge on any atom is 0.142 e. The topological polar surface area (TPSA) is 29.1 Å². The van der Waals surface area contributed by atoms with E-state index in [-0.39, 0.29) is 17.2 Å². The number of ketones is 1. The summed E-state index contributed by atoms with van der Waals surface area (Å²) in [5.41, 5.74) is 0.566. The van der Waals surface area contributed by atoms with Gasteiger partial charge in [0.15, 0.2) is 0 Å². The van der Waals surface area contributed by atoms with Crippen molar-refractivity contribution >= 4 is 17.4 Å². The molecule has 16 heavy (non-hydrogen) atoms. The normalized spacial score (nSPS) is 10.4. The van der Waals surface area contributed by atoms with Crippen LogP contribution >= 0.6 is 11.6 Å². The quantitative estimate of drug-likeness (QED) is 0.779. The van der Waals surface area contributed by atoms with Crippen LogP contribution in [0.2, 0.25) is 5.02 Å². The molecule has 0 aromatic heterocycles. The maximum absolute atomic E-state index is 13.1. The van der Waals surface area contributed by atoms with Crippen molar-refractivity contribution in [2.45, 2.75) is 19.3 Å². The monoisotopic (exact) mass is 243 g/mol. The Bertz CT molecular complexity index is 368. The zero-order chi connectivity index (χ0) is 12.0. The van der Waals surface area contributed by atoms with Crippen molar-refractivity contribution in [2.24, 2.45) is 0 Å². The Kier molecular flexibility index (Phi) is 5.43. The van der Waals surface area contributed by atoms with Gasteiger partial charge < -0.3 is 5.32 Å². The first-order chi connectivity index (χ1) is 7.65. The molecule has 0 aliphatic carbocycles. The van der Waals surface area contributed by atoms with E-state index in [0.29, 0.717) is 12.0 Å².